The van der Waals surface area contributed by atoms with Crippen LogP contribution in [0.25, 0.3) is 11.3 Å². The van der Waals surface area contributed by atoms with Crippen LogP contribution < -0.4 is 4.80 Å². The van der Waals surface area contributed by atoms with Crippen LogP contribution in [0, 0.1) is 10.1 Å². The lowest BCUT2D eigenvalue weighted by molar-refractivity contribution is -0.384. The lowest BCUT2D eigenvalue weighted by Crippen LogP contribution is -2.15. The zero-order chi connectivity index (χ0) is 19.4. The second-order valence-corrected chi connectivity index (χ2v) is 7.55. The van der Waals surface area contributed by atoms with Gasteiger partial charge >= 0.3 is 0 Å². The number of hydrogen-bond acceptors (Lipinski definition) is 4. The standard InChI is InChI=1S/C21H23N3O2S/c1-4-13-23-20(17-7-11-19(12-8-17)24(25)26)14-27-21(23)22-18-9-5-16(6-10-18)15(2)3/h5-12,14-15H,4,13H2,1-3H3. The Balaban J connectivity index is 2.01. The van der Waals surface area contributed by atoms with Gasteiger partial charge in [0.1, 0.15) is 0 Å². The Morgan fingerprint density at radius 3 is 2.33 bits per heavy atom. The first kappa shape index (κ1) is 19.0. The summed E-state index contributed by atoms with van der Waals surface area (Å²) in [6, 6.07) is 15.0. The van der Waals surface area contributed by atoms with E-state index < -0.39 is 0 Å². The summed E-state index contributed by atoms with van der Waals surface area (Å²) in [6.07, 6.45) is 0.982. The molecule has 1 heterocycles. The maximum Gasteiger partial charge on any atom is 0.269 e. The van der Waals surface area contributed by atoms with Crippen LogP contribution in [-0.4, -0.2) is 9.49 Å². The maximum absolute atomic E-state index is 10.9. The molecule has 0 saturated carbocycles. The Morgan fingerprint density at radius 1 is 1.11 bits per heavy atom. The fraction of sp³-hybridized carbons (Fsp3) is 0.286. The summed E-state index contributed by atoms with van der Waals surface area (Å²) in [6.45, 7) is 7.33. The van der Waals surface area contributed by atoms with Gasteiger partial charge in [-0.05, 0) is 47.7 Å². The third kappa shape index (κ3) is 4.34. The van der Waals surface area contributed by atoms with Crippen molar-refractivity contribution in [3.05, 3.63) is 74.4 Å². The molecule has 0 unspecified atom stereocenters. The third-order valence-electron chi connectivity index (χ3n) is 4.40. The molecule has 1 aromatic heterocycles. The Labute approximate surface area is 162 Å². The second-order valence-electron chi connectivity index (χ2n) is 6.72. The predicted molar refractivity (Wildman–Crippen MR) is 110 cm³/mol. The molecule has 5 nitrogen and oxygen atoms in total. The quantitative estimate of drug-likeness (QED) is 0.395. The Bertz CT molecular complexity index is 984. The zero-order valence-electron chi connectivity index (χ0n) is 15.8. The van der Waals surface area contributed by atoms with Crippen molar-refractivity contribution in [3.63, 3.8) is 0 Å². The van der Waals surface area contributed by atoms with Crippen molar-refractivity contribution in [1.82, 2.24) is 4.57 Å². The summed E-state index contributed by atoms with van der Waals surface area (Å²) in [7, 11) is 0. The first-order chi connectivity index (χ1) is 13.0. The summed E-state index contributed by atoms with van der Waals surface area (Å²) in [4.78, 5) is 16.3. The fourth-order valence-corrected chi connectivity index (χ4v) is 3.84. The highest BCUT2D eigenvalue weighted by Gasteiger charge is 2.10. The van der Waals surface area contributed by atoms with E-state index in [9.17, 15) is 10.1 Å². The van der Waals surface area contributed by atoms with E-state index in [0.717, 1.165) is 34.7 Å². The zero-order valence-corrected chi connectivity index (χ0v) is 16.6. The molecule has 0 aliphatic carbocycles. The average Bonchev–Trinajstić information content (AvgIpc) is 3.05. The SMILES string of the molecule is CCCn1c(-c2ccc([N+](=O)[O-])cc2)csc1=Nc1ccc(C(C)C)cc1. The summed E-state index contributed by atoms with van der Waals surface area (Å²) in [5.41, 5.74) is 4.33. The normalized spacial score (nSPS) is 11.9. The van der Waals surface area contributed by atoms with Gasteiger partial charge in [-0.1, -0.05) is 32.9 Å². The third-order valence-corrected chi connectivity index (χ3v) is 5.27. The molecular weight excluding hydrogens is 358 g/mol. The van der Waals surface area contributed by atoms with Crippen molar-refractivity contribution in [1.29, 1.82) is 0 Å². The maximum atomic E-state index is 10.9. The fourth-order valence-electron chi connectivity index (χ4n) is 2.89. The molecule has 0 aliphatic rings. The van der Waals surface area contributed by atoms with Crippen molar-refractivity contribution in [3.8, 4) is 11.3 Å². The largest absolute Gasteiger partial charge is 0.316 e. The molecule has 0 radical (unpaired) electrons. The number of thiazole rings is 1. The first-order valence-electron chi connectivity index (χ1n) is 9.07. The van der Waals surface area contributed by atoms with Crippen molar-refractivity contribution in [2.45, 2.75) is 39.7 Å². The van der Waals surface area contributed by atoms with Gasteiger partial charge in [0.25, 0.3) is 5.69 Å². The van der Waals surface area contributed by atoms with E-state index >= 15 is 0 Å². The summed E-state index contributed by atoms with van der Waals surface area (Å²) >= 11 is 1.59. The lowest BCUT2D eigenvalue weighted by Gasteiger charge is -2.08. The van der Waals surface area contributed by atoms with Gasteiger partial charge in [0.05, 0.1) is 16.3 Å². The molecule has 3 aromatic rings. The highest BCUT2D eigenvalue weighted by atomic mass is 32.1. The van der Waals surface area contributed by atoms with Gasteiger partial charge in [-0.25, -0.2) is 4.99 Å². The monoisotopic (exact) mass is 381 g/mol. The number of nitro groups is 1. The highest BCUT2D eigenvalue weighted by Crippen LogP contribution is 2.24. The van der Waals surface area contributed by atoms with Gasteiger partial charge in [0, 0.05) is 24.1 Å². The van der Waals surface area contributed by atoms with Gasteiger partial charge in [-0.3, -0.25) is 10.1 Å². The molecule has 0 atom stereocenters. The number of hydrogen-bond donors (Lipinski definition) is 0. The van der Waals surface area contributed by atoms with E-state index in [4.69, 9.17) is 4.99 Å². The minimum absolute atomic E-state index is 0.103. The van der Waals surface area contributed by atoms with Gasteiger partial charge in [0.15, 0.2) is 4.80 Å². The minimum atomic E-state index is -0.376. The average molecular weight is 382 g/mol. The molecule has 0 fully saturated rings. The van der Waals surface area contributed by atoms with Crippen LogP contribution in [0.2, 0.25) is 0 Å². The molecule has 2 aromatic carbocycles. The summed E-state index contributed by atoms with van der Waals surface area (Å²) < 4.78 is 2.18. The van der Waals surface area contributed by atoms with Gasteiger partial charge in [-0.15, -0.1) is 11.3 Å². The molecule has 0 amide bonds. The predicted octanol–water partition coefficient (Wildman–Crippen LogP) is 5.89. The van der Waals surface area contributed by atoms with Crippen LogP contribution in [0.5, 0.6) is 0 Å². The van der Waals surface area contributed by atoms with Gasteiger partial charge in [-0.2, -0.15) is 0 Å². The minimum Gasteiger partial charge on any atom is -0.316 e. The molecule has 0 saturated heterocycles. The molecule has 140 valence electrons. The van der Waals surface area contributed by atoms with E-state index in [2.05, 4.69) is 55.0 Å². The van der Waals surface area contributed by atoms with Gasteiger partial charge in [0.2, 0.25) is 0 Å². The van der Waals surface area contributed by atoms with Crippen LogP contribution in [0.3, 0.4) is 0 Å². The van der Waals surface area contributed by atoms with Crippen molar-refractivity contribution in [2.75, 3.05) is 0 Å². The van der Waals surface area contributed by atoms with E-state index in [1.807, 2.05) is 0 Å². The van der Waals surface area contributed by atoms with Crippen LogP contribution in [0.1, 0.15) is 38.7 Å². The van der Waals surface area contributed by atoms with Crippen molar-refractivity contribution in [2.24, 2.45) is 4.99 Å². The Hall–Kier alpha value is -2.73. The molecule has 0 spiro atoms. The second kappa shape index (κ2) is 8.31. The van der Waals surface area contributed by atoms with Crippen molar-refractivity contribution < 1.29 is 4.92 Å². The molecule has 0 N–H and O–H groups in total. The van der Waals surface area contributed by atoms with Crippen LogP contribution in [-0.2, 0) is 6.54 Å². The summed E-state index contributed by atoms with van der Waals surface area (Å²) in [5.74, 6) is 0.500. The molecule has 6 heteroatoms. The van der Waals surface area contributed by atoms with E-state index in [1.54, 1.807) is 35.6 Å². The van der Waals surface area contributed by atoms with E-state index in [0.29, 0.717) is 5.92 Å². The molecule has 0 bridgehead atoms. The number of nitrogens with zero attached hydrogens (tertiary/aromatic N) is 3. The molecule has 27 heavy (non-hydrogen) atoms. The van der Waals surface area contributed by atoms with Gasteiger partial charge < -0.3 is 4.57 Å². The summed E-state index contributed by atoms with van der Waals surface area (Å²) in [5, 5.41) is 12.9. The Morgan fingerprint density at radius 2 is 1.78 bits per heavy atom. The molecular formula is C21H23N3O2S. The lowest BCUT2D eigenvalue weighted by atomic mass is 10.0. The number of benzene rings is 2. The van der Waals surface area contributed by atoms with Crippen LogP contribution in [0.15, 0.2) is 58.9 Å². The Kier molecular flexibility index (Phi) is 5.86. The number of aromatic nitrogens is 1. The first-order valence-corrected chi connectivity index (χ1v) is 9.95. The molecule has 0 aliphatic heterocycles. The topological polar surface area (TPSA) is 60.4 Å². The highest BCUT2D eigenvalue weighted by molar-refractivity contribution is 7.07. The number of rotatable bonds is 6. The van der Waals surface area contributed by atoms with Crippen LogP contribution >= 0.6 is 11.3 Å². The number of nitro benzene ring substituents is 1. The molecule has 3 rings (SSSR count). The van der Waals surface area contributed by atoms with E-state index in [1.165, 1.54) is 5.56 Å². The van der Waals surface area contributed by atoms with Crippen molar-refractivity contribution >= 4 is 22.7 Å². The van der Waals surface area contributed by atoms with E-state index in [-0.39, 0.29) is 10.6 Å². The van der Waals surface area contributed by atoms with Crippen LogP contribution in [0.4, 0.5) is 11.4 Å². The smallest absolute Gasteiger partial charge is 0.269 e. The number of non-ortho nitro benzene ring substituents is 1.